The van der Waals surface area contributed by atoms with Crippen molar-refractivity contribution in [1.82, 2.24) is 0 Å². The molecule has 0 atom stereocenters. The number of amides is 1. The molecule has 1 N–H and O–H groups in total. The highest BCUT2D eigenvalue weighted by molar-refractivity contribution is 14.1. The van der Waals surface area contributed by atoms with E-state index in [9.17, 15) is 4.79 Å². The smallest absolute Gasteiger partial charge is 0.259 e. The molecule has 2 rings (SSSR count). The van der Waals surface area contributed by atoms with Gasteiger partial charge in [0.15, 0.2) is 0 Å². The Labute approximate surface area is 143 Å². The highest BCUT2D eigenvalue weighted by atomic mass is 127. The van der Waals surface area contributed by atoms with Crippen LogP contribution in [0.3, 0.4) is 0 Å². The number of hydrogen-bond donors (Lipinski definition) is 1. The fraction of sp³-hybridized carbons (Fsp3) is 0.0714. The second kappa shape index (κ2) is 6.78. The minimum atomic E-state index is -0.266. The van der Waals surface area contributed by atoms with Crippen molar-refractivity contribution >= 4 is 61.7 Å². The summed E-state index contributed by atoms with van der Waals surface area (Å²) in [5, 5.41) is 3.28. The molecule has 3 nitrogen and oxygen atoms in total. The lowest BCUT2D eigenvalue weighted by Gasteiger charge is -2.11. The summed E-state index contributed by atoms with van der Waals surface area (Å²) in [6.45, 7) is 0. The fourth-order valence-electron chi connectivity index (χ4n) is 1.63. The lowest BCUT2D eigenvalue weighted by Crippen LogP contribution is -2.13. The zero-order valence-electron chi connectivity index (χ0n) is 10.4. The van der Waals surface area contributed by atoms with E-state index in [4.69, 9.17) is 16.3 Å². The summed E-state index contributed by atoms with van der Waals surface area (Å²) in [6.07, 6.45) is 0. The number of methoxy groups -OCH3 is 1. The number of rotatable bonds is 3. The van der Waals surface area contributed by atoms with E-state index in [1.165, 1.54) is 7.11 Å². The van der Waals surface area contributed by atoms with Gasteiger partial charge >= 0.3 is 0 Å². The minimum Gasteiger partial charge on any atom is -0.496 e. The summed E-state index contributed by atoms with van der Waals surface area (Å²) < 4.78 is 7.06. The second-order valence-corrected chi connectivity index (χ2v) is 6.49. The molecule has 0 aliphatic rings. The van der Waals surface area contributed by atoms with Crippen molar-refractivity contribution in [2.45, 2.75) is 0 Å². The molecule has 0 saturated heterocycles. The van der Waals surface area contributed by atoms with E-state index in [0.717, 1.165) is 8.04 Å². The van der Waals surface area contributed by atoms with Gasteiger partial charge in [0.05, 0.1) is 23.4 Å². The molecule has 0 heterocycles. The number of carbonyl (C=O) groups is 1. The van der Waals surface area contributed by atoms with E-state index in [2.05, 4.69) is 43.8 Å². The van der Waals surface area contributed by atoms with Crippen LogP contribution in [0.1, 0.15) is 10.4 Å². The third-order valence-electron chi connectivity index (χ3n) is 2.59. The maximum Gasteiger partial charge on any atom is 0.259 e. The summed E-state index contributed by atoms with van der Waals surface area (Å²) in [5.41, 5.74) is 1.02. The van der Waals surface area contributed by atoms with Crippen molar-refractivity contribution in [1.29, 1.82) is 0 Å². The third-order valence-corrected chi connectivity index (χ3v) is 4.06. The average molecular weight is 466 g/mol. The Balaban J connectivity index is 2.28. The van der Waals surface area contributed by atoms with Crippen molar-refractivity contribution in [2.24, 2.45) is 0 Å². The summed E-state index contributed by atoms with van der Waals surface area (Å²) in [7, 11) is 1.52. The minimum absolute atomic E-state index is 0.266. The van der Waals surface area contributed by atoms with E-state index in [0.29, 0.717) is 22.0 Å². The number of hydrogen-bond acceptors (Lipinski definition) is 2. The van der Waals surface area contributed by atoms with Gasteiger partial charge < -0.3 is 10.1 Å². The van der Waals surface area contributed by atoms with Crippen molar-refractivity contribution < 1.29 is 9.53 Å². The molecule has 0 spiro atoms. The lowest BCUT2D eigenvalue weighted by molar-refractivity contribution is 0.102. The molecule has 0 aliphatic carbocycles. The molecule has 0 aromatic heterocycles. The van der Waals surface area contributed by atoms with Crippen LogP contribution >= 0.6 is 50.1 Å². The van der Waals surface area contributed by atoms with Gasteiger partial charge in [0, 0.05) is 8.04 Å². The predicted octanol–water partition coefficient (Wildman–Crippen LogP) is 4.97. The zero-order valence-corrected chi connectivity index (χ0v) is 14.9. The number of nitrogens with one attached hydrogen (secondary N) is 1. The maximum absolute atomic E-state index is 12.3. The Morgan fingerprint density at radius 2 is 2.05 bits per heavy atom. The van der Waals surface area contributed by atoms with Gasteiger partial charge in [-0.05, 0) is 59.0 Å². The summed E-state index contributed by atoms with van der Waals surface area (Å²) in [5.74, 6) is 0.232. The molecular formula is C14H10BrClINO2. The molecule has 0 aliphatic heterocycles. The number of anilines is 1. The summed E-state index contributed by atoms with van der Waals surface area (Å²) in [6, 6.07) is 10.7. The van der Waals surface area contributed by atoms with Crippen molar-refractivity contribution in [2.75, 3.05) is 12.4 Å². The lowest BCUT2D eigenvalue weighted by atomic mass is 10.2. The number of ether oxygens (including phenoxy) is 1. The first-order chi connectivity index (χ1) is 9.51. The maximum atomic E-state index is 12.3. The first kappa shape index (κ1) is 15.6. The van der Waals surface area contributed by atoms with Gasteiger partial charge in [-0.3, -0.25) is 4.79 Å². The van der Waals surface area contributed by atoms with Crippen LogP contribution < -0.4 is 10.1 Å². The Morgan fingerprint density at radius 1 is 1.30 bits per heavy atom. The molecule has 0 unspecified atom stereocenters. The molecule has 2 aromatic rings. The largest absolute Gasteiger partial charge is 0.496 e. The van der Waals surface area contributed by atoms with Crippen LogP contribution in [0.25, 0.3) is 0 Å². The van der Waals surface area contributed by atoms with Crippen molar-refractivity contribution in [3.63, 3.8) is 0 Å². The van der Waals surface area contributed by atoms with Crippen LogP contribution in [0.2, 0.25) is 5.02 Å². The second-order valence-electron chi connectivity index (χ2n) is 3.92. The SMILES string of the molecule is COc1cc(Br)ccc1C(=O)Nc1ccc(I)cc1Cl. The molecular weight excluding hydrogens is 456 g/mol. The number of benzene rings is 2. The Morgan fingerprint density at radius 3 is 2.70 bits per heavy atom. The molecule has 0 bridgehead atoms. The van der Waals surface area contributed by atoms with Crippen LogP contribution in [-0.4, -0.2) is 13.0 Å². The zero-order chi connectivity index (χ0) is 14.7. The number of halogens is 3. The van der Waals surface area contributed by atoms with Gasteiger partial charge in [0.2, 0.25) is 0 Å². The molecule has 0 fully saturated rings. The van der Waals surface area contributed by atoms with E-state index in [1.807, 2.05) is 6.07 Å². The van der Waals surface area contributed by atoms with Crippen molar-refractivity contribution in [3.05, 3.63) is 55.0 Å². The summed E-state index contributed by atoms with van der Waals surface area (Å²) in [4.78, 5) is 12.3. The molecule has 6 heteroatoms. The normalized spacial score (nSPS) is 10.2. The molecule has 1 amide bonds. The van der Waals surface area contributed by atoms with E-state index >= 15 is 0 Å². The van der Waals surface area contributed by atoms with Crippen LogP contribution in [0.15, 0.2) is 40.9 Å². The average Bonchev–Trinajstić information content (AvgIpc) is 2.41. The van der Waals surface area contributed by atoms with Gasteiger partial charge in [-0.15, -0.1) is 0 Å². The number of carbonyl (C=O) groups excluding carboxylic acids is 1. The molecule has 104 valence electrons. The van der Waals surface area contributed by atoms with E-state index in [-0.39, 0.29) is 5.91 Å². The van der Waals surface area contributed by atoms with Gasteiger partial charge in [-0.1, -0.05) is 27.5 Å². The molecule has 0 radical (unpaired) electrons. The third kappa shape index (κ3) is 3.65. The predicted molar refractivity (Wildman–Crippen MR) is 92.8 cm³/mol. The highest BCUT2D eigenvalue weighted by Gasteiger charge is 2.14. The molecule has 2 aromatic carbocycles. The molecule has 20 heavy (non-hydrogen) atoms. The Kier molecular flexibility index (Phi) is 5.29. The monoisotopic (exact) mass is 465 g/mol. The first-order valence-electron chi connectivity index (χ1n) is 5.61. The van der Waals surface area contributed by atoms with Gasteiger partial charge in [-0.2, -0.15) is 0 Å². The standard InChI is InChI=1S/C14H10BrClINO2/c1-20-13-6-8(15)2-4-10(13)14(19)18-12-5-3-9(17)7-11(12)16/h2-7H,1H3,(H,18,19). The molecule has 0 saturated carbocycles. The quantitative estimate of drug-likeness (QED) is 0.649. The first-order valence-corrected chi connectivity index (χ1v) is 7.86. The van der Waals surface area contributed by atoms with Gasteiger partial charge in [0.1, 0.15) is 5.75 Å². The van der Waals surface area contributed by atoms with Crippen molar-refractivity contribution in [3.8, 4) is 5.75 Å². The Bertz CT molecular complexity index is 664. The summed E-state index contributed by atoms with van der Waals surface area (Å²) >= 11 is 11.6. The van der Waals surface area contributed by atoms with Crippen LogP contribution in [0.5, 0.6) is 5.75 Å². The van der Waals surface area contributed by atoms with Crippen LogP contribution in [0, 0.1) is 3.57 Å². The van der Waals surface area contributed by atoms with Gasteiger partial charge in [0.25, 0.3) is 5.91 Å². The van der Waals surface area contributed by atoms with Gasteiger partial charge in [-0.25, -0.2) is 0 Å². The van der Waals surface area contributed by atoms with E-state index < -0.39 is 0 Å². The van der Waals surface area contributed by atoms with Crippen LogP contribution in [-0.2, 0) is 0 Å². The van der Waals surface area contributed by atoms with E-state index in [1.54, 1.807) is 30.3 Å². The Hall–Kier alpha value is -0.790. The van der Waals surface area contributed by atoms with Crippen LogP contribution in [0.4, 0.5) is 5.69 Å². The highest BCUT2D eigenvalue weighted by Crippen LogP contribution is 2.27. The fourth-order valence-corrected chi connectivity index (χ4v) is 2.88. The topological polar surface area (TPSA) is 38.3 Å².